The Kier molecular flexibility index (Phi) is 8.58. The normalized spacial score (nSPS) is 12.2. The van der Waals surface area contributed by atoms with Gasteiger partial charge >= 0.3 is 0 Å². The number of carbonyl (C=O) groups excluding carboxylic acids is 1. The first-order chi connectivity index (χ1) is 13.0. The van der Waals surface area contributed by atoms with Crippen molar-refractivity contribution in [3.63, 3.8) is 0 Å². The molecule has 0 aromatic heterocycles. The van der Waals surface area contributed by atoms with E-state index < -0.39 is 0 Å². The van der Waals surface area contributed by atoms with Gasteiger partial charge in [0.1, 0.15) is 5.75 Å². The van der Waals surface area contributed by atoms with Gasteiger partial charge in [0.25, 0.3) is 0 Å². The lowest BCUT2D eigenvalue weighted by Gasteiger charge is -2.31. The number of ether oxygens (including phenoxy) is 1. The number of rotatable bonds is 10. The van der Waals surface area contributed by atoms with Gasteiger partial charge < -0.3 is 10.1 Å². The fraction of sp³-hybridized carbons (Fsp3) is 0.381. The summed E-state index contributed by atoms with van der Waals surface area (Å²) in [6.45, 7) is 6.90. The Bertz CT molecular complexity index is 764. The zero-order valence-corrected chi connectivity index (χ0v) is 17.5. The van der Waals surface area contributed by atoms with Gasteiger partial charge in [0.2, 0.25) is 0 Å². The SMILES string of the molecule is CCN(CC)C(CNCC(=O)c1ccc(OC)c(Cl)c1)c1ccccc1Cl. The maximum absolute atomic E-state index is 12.5. The van der Waals surface area contributed by atoms with Crippen LogP contribution >= 0.6 is 23.2 Å². The number of likely N-dealkylation sites (N-methyl/N-ethyl adjacent to an activating group) is 1. The summed E-state index contributed by atoms with van der Waals surface area (Å²) in [4.78, 5) is 14.8. The Morgan fingerprint density at radius 1 is 1.11 bits per heavy atom. The summed E-state index contributed by atoms with van der Waals surface area (Å²) in [5.74, 6) is 0.540. The van der Waals surface area contributed by atoms with Gasteiger partial charge in [-0.1, -0.05) is 55.2 Å². The molecule has 0 fully saturated rings. The van der Waals surface area contributed by atoms with Gasteiger partial charge in [0.15, 0.2) is 5.78 Å². The molecule has 0 saturated carbocycles. The van der Waals surface area contributed by atoms with Crippen molar-refractivity contribution in [3.05, 3.63) is 63.6 Å². The molecule has 0 saturated heterocycles. The van der Waals surface area contributed by atoms with E-state index in [0.29, 0.717) is 22.9 Å². The highest BCUT2D eigenvalue weighted by Gasteiger charge is 2.20. The minimum absolute atomic E-state index is 0.0167. The minimum Gasteiger partial charge on any atom is -0.495 e. The van der Waals surface area contributed by atoms with E-state index in [1.165, 1.54) is 0 Å². The number of nitrogens with zero attached hydrogens (tertiary/aromatic N) is 1. The highest BCUT2D eigenvalue weighted by Crippen LogP contribution is 2.27. The highest BCUT2D eigenvalue weighted by molar-refractivity contribution is 6.32. The van der Waals surface area contributed by atoms with Gasteiger partial charge in [-0.15, -0.1) is 0 Å². The number of hydrogen-bond donors (Lipinski definition) is 1. The molecule has 0 aliphatic carbocycles. The van der Waals surface area contributed by atoms with E-state index in [-0.39, 0.29) is 18.4 Å². The number of halogens is 2. The number of hydrogen-bond acceptors (Lipinski definition) is 4. The van der Waals surface area contributed by atoms with Crippen LogP contribution in [-0.2, 0) is 0 Å². The average Bonchev–Trinajstić information content (AvgIpc) is 2.68. The summed E-state index contributed by atoms with van der Waals surface area (Å²) in [6, 6.07) is 13.0. The van der Waals surface area contributed by atoms with Crippen molar-refractivity contribution in [3.8, 4) is 5.75 Å². The molecule has 146 valence electrons. The number of Topliss-reactive ketones (excluding diaryl/α,β-unsaturated/α-hetero) is 1. The second-order valence-corrected chi connectivity index (χ2v) is 6.98. The molecule has 2 rings (SSSR count). The summed E-state index contributed by atoms with van der Waals surface area (Å²) >= 11 is 12.5. The molecule has 1 atom stereocenters. The van der Waals surface area contributed by atoms with Crippen LogP contribution in [0, 0.1) is 0 Å². The zero-order valence-electron chi connectivity index (χ0n) is 16.0. The number of ketones is 1. The molecule has 1 N–H and O–H groups in total. The topological polar surface area (TPSA) is 41.6 Å². The van der Waals surface area contributed by atoms with Crippen molar-refractivity contribution < 1.29 is 9.53 Å². The lowest BCUT2D eigenvalue weighted by atomic mass is 10.0. The zero-order chi connectivity index (χ0) is 19.8. The molecule has 2 aromatic rings. The van der Waals surface area contributed by atoms with E-state index in [2.05, 4.69) is 24.1 Å². The van der Waals surface area contributed by atoms with Crippen LogP contribution in [-0.4, -0.2) is 44.0 Å². The Hall–Kier alpha value is -1.59. The monoisotopic (exact) mass is 408 g/mol. The maximum Gasteiger partial charge on any atom is 0.176 e. The predicted molar refractivity (Wildman–Crippen MR) is 112 cm³/mol. The van der Waals surface area contributed by atoms with Gasteiger partial charge in [-0.05, 0) is 42.9 Å². The third-order valence-corrected chi connectivity index (χ3v) is 5.25. The molecule has 0 spiro atoms. The van der Waals surface area contributed by atoms with Crippen LogP contribution in [0.25, 0.3) is 0 Å². The Labute approximate surface area is 171 Å². The number of methoxy groups -OCH3 is 1. The molecular formula is C21H26Cl2N2O2. The Balaban J connectivity index is 2.05. The molecule has 0 aliphatic rings. The van der Waals surface area contributed by atoms with Crippen molar-refractivity contribution in [2.75, 3.05) is 33.3 Å². The van der Waals surface area contributed by atoms with E-state index >= 15 is 0 Å². The Morgan fingerprint density at radius 2 is 1.81 bits per heavy atom. The van der Waals surface area contributed by atoms with E-state index in [0.717, 1.165) is 23.7 Å². The number of nitrogens with one attached hydrogen (secondary N) is 1. The molecule has 0 bridgehead atoms. The molecule has 0 radical (unpaired) electrons. The minimum atomic E-state index is -0.0167. The van der Waals surface area contributed by atoms with E-state index in [1.807, 2.05) is 24.3 Å². The van der Waals surface area contributed by atoms with Crippen LogP contribution in [0.5, 0.6) is 5.75 Å². The van der Waals surface area contributed by atoms with E-state index in [1.54, 1.807) is 25.3 Å². The summed E-state index contributed by atoms with van der Waals surface area (Å²) < 4.78 is 5.13. The van der Waals surface area contributed by atoms with Crippen molar-refractivity contribution >= 4 is 29.0 Å². The Morgan fingerprint density at radius 3 is 2.41 bits per heavy atom. The second kappa shape index (κ2) is 10.7. The van der Waals surface area contributed by atoms with Crippen molar-refractivity contribution in [2.45, 2.75) is 19.9 Å². The summed E-state index contributed by atoms with van der Waals surface area (Å²) in [5.41, 5.74) is 1.63. The third-order valence-electron chi connectivity index (χ3n) is 4.61. The smallest absolute Gasteiger partial charge is 0.176 e. The van der Waals surface area contributed by atoms with Crippen molar-refractivity contribution in [2.24, 2.45) is 0 Å². The summed E-state index contributed by atoms with van der Waals surface area (Å²) in [6.07, 6.45) is 0. The highest BCUT2D eigenvalue weighted by atomic mass is 35.5. The molecule has 1 unspecified atom stereocenters. The molecular weight excluding hydrogens is 383 g/mol. The molecule has 0 aliphatic heterocycles. The molecule has 4 nitrogen and oxygen atoms in total. The predicted octanol–water partition coefficient (Wildman–Crippen LogP) is 4.86. The largest absolute Gasteiger partial charge is 0.495 e. The van der Waals surface area contributed by atoms with Gasteiger partial charge in [-0.3, -0.25) is 9.69 Å². The van der Waals surface area contributed by atoms with Crippen LogP contribution in [0.2, 0.25) is 10.0 Å². The quantitative estimate of drug-likeness (QED) is 0.570. The number of benzene rings is 2. The maximum atomic E-state index is 12.5. The second-order valence-electron chi connectivity index (χ2n) is 6.16. The lowest BCUT2D eigenvalue weighted by molar-refractivity contribution is 0.0987. The molecule has 0 amide bonds. The van der Waals surface area contributed by atoms with Crippen LogP contribution in [0.15, 0.2) is 42.5 Å². The van der Waals surface area contributed by atoms with Crippen LogP contribution < -0.4 is 10.1 Å². The first kappa shape index (κ1) is 21.7. The third kappa shape index (κ3) is 5.69. The first-order valence-corrected chi connectivity index (χ1v) is 9.83. The van der Waals surface area contributed by atoms with E-state index in [9.17, 15) is 4.79 Å². The van der Waals surface area contributed by atoms with Gasteiger partial charge in [0, 0.05) is 23.2 Å². The summed E-state index contributed by atoms with van der Waals surface area (Å²) in [7, 11) is 1.55. The molecule has 0 heterocycles. The van der Waals surface area contributed by atoms with E-state index in [4.69, 9.17) is 27.9 Å². The first-order valence-electron chi connectivity index (χ1n) is 9.07. The van der Waals surface area contributed by atoms with Gasteiger partial charge in [-0.2, -0.15) is 0 Å². The van der Waals surface area contributed by atoms with Crippen LogP contribution in [0.4, 0.5) is 0 Å². The fourth-order valence-electron chi connectivity index (χ4n) is 3.11. The number of carbonyl (C=O) groups is 1. The molecule has 27 heavy (non-hydrogen) atoms. The lowest BCUT2D eigenvalue weighted by Crippen LogP contribution is -2.37. The van der Waals surface area contributed by atoms with Gasteiger partial charge in [-0.25, -0.2) is 0 Å². The van der Waals surface area contributed by atoms with Gasteiger partial charge in [0.05, 0.1) is 18.7 Å². The van der Waals surface area contributed by atoms with Crippen LogP contribution in [0.1, 0.15) is 35.8 Å². The van der Waals surface area contributed by atoms with Crippen molar-refractivity contribution in [1.29, 1.82) is 0 Å². The molecule has 6 heteroatoms. The fourth-order valence-corrected chi connectivity index (χ4v) is 3.63. The summed E-state index contributed by atoms with van der Waals surface area (Å²) in [5, 5.41) is 4.45. The van der Waals surface area contributed by atoms with Crippen LogP contribution in [0.3, 0.4) is 0 Å². The molecule has 2 aromatic carbocycles. The average molecular weight is 409 g/mol. The standard InChI is InChI=1S/C21H26Cl2N2O2/c1-4-25(5-2)19(16-8-6-7-9-17(16)22)13-24-14-20(26)15-10-11-21(27-3)18(23)12-15/h6-12,19,24H,4-5,13-14H2,1-3H3. The van der Waals surface area contributed by atoms with Crippen molar-refractivity contribution in [1.82, 2.24) is 10.2 Å².